The first-order valence-electron chi connectivity index (χ1n) is 13.6. The monoisotopic (exact) mass is 539 g/mol. The number of para-hydroxylation sites is 1. The van der Waals surface area contributed by atoms with Gasteiger partial charge in [-0.1, -0.05) is 72.0 Å². The summed E-state index contributed by atoms with van der Waals surface area (Å²) < 4.78 is 12.3. The summed E-state index contributed by atoms with van der Waals surface area (Å²) in [5, 5.41) is 23.5. The topological polar surface area (TPSA) is 113 Å². The van der Waals surface area contributed by atoms with Crippen LogP contribution in [0.1, 0.15) is 54.3 Å². The number of aliphatic carboxylic acids is 1. The van der Waals surface area contributed by atoms with E-state index in [1.54, 1.807) is 0 Å². The van der Waals surface area contributed by atoms with Crippen molar-refractivity contribution in [3.8, 4) is 11.5 Å². The Morgan fingerprint density at radius 1 is 1.02 bits per heavy atom. The largest absolute Gasteiger partial charge is 0.494 e. The molecule has 2 N–H and O–H groups in total. The van der Waals surface area contributed by atoms with Crippen molar-refractivity contribution in [1.82, 2.24) is 20.6 Å². The molecule has 0 spiro atoms. The van der Waals surface area contributed by atoms with Crippen LogP contribution >= 0.6 is 0 Å². The number of aryl methyl sites for hydroxylation is 1. The van der Waals surface area contributed by atoms with E-state index >= 15 is 0 Å². The number of H-pyrrole nitrogens is 1. The highest BCUT2D eigenvalue weighted by Crippen LogP contribution is 2.40. The molecule has 0 amide bonds. The highest BCUT2D eigenvalue weighted by Gasteiger charge is 2.30. The van der Waals surface area contributed by atoms with E-state index in [-0.39, 0.29) is 6.42 Å². The Morgan fingerprint density at radius 2 is 1.88 bits per heavy atom. The number of ether oxygens (including phenoxy) is 2. The number of carboxylic acid groups (broad SMARTS) is 1. The Hall–Kier alpha value is -4.66. The highest BCUT2D eigenvalue weighted by molar-refractivity contribution is 5.78. The number of hydrogen-bond donors (Lipinski definition) is 2. The van der Waals surface area contributed by atoms with Gasteiger partial charge in [0.2, 0.25) is 5.82 Å². The van der Waals surface area contributed by atoms with Crippen molar-refractivity contribution in [3.63, 3.8) is 0 Å². The van der Waals surface area contributed by atoms with Crippen LogP contribution < -0.4 is 14.4 Å². The van der Waals surface area contributed by atoms with Gasteiger partial charge in [0, 0.05) is 18.5 Å². The maximum atomic E-state index is 11.1. The molecule has 0 aliphatic carbocycles. The Morgan fingerprint density at radius 3 is 2.65 bits per heavy atom. The molecule has 206 valence electrons. The van der Waals surface area contributed by atoms with Crippen LogP contribution in [0.2, 0.25) is 0 Å². The fraction of sp³-hybridized carbons (Fsp3) is 0.290. The number of carbonyl (C=O) groups is 1. The first kappa shape index (κ1) is 26.9. The van der Waals surface area contributed by atoms with Gasteiger partial charge < -0.3 is 19.5 Å². The molecule has 5 rings (SSSR count). The number of rotatable bonds is 13. The molecule has 0 saturated heterocycles. The first-order chi connectivity index (χ1) is 19.7. The summed E-state index contributed by atoms with van der Waals surface area (Å²) in [7, 11) is 0. The maximum Gasteiger partial charge on any atom is 0.303 e. The van der Waals surface area contributed by atoms with Gasteiger partial charge in [-0.3, -0.25) is 4.79 Å². The lowest BCUT2D eigenvalue weighted by Crippen LogP contribution is -2.36. The molecule has 1 aliphatic rings. The Labute approximate surface area is 233 Å². The first-order valence-corrected chi connectivity index (χ1v) is 13.6. The number of aromatic nitrogens is 4. The number of unbranched alkanes of at least 4 members (excludes halogenated alkanes) is 1. The van der Waals surface area contributed by atoms with E-state index in [0.29, 0.717) is 37.7 Å². The summed E-state index contributed by atoms with van der Waals surface area (Å²) in [5.41, 5.74) is 4.23. The standard InChI is InChI=1S/C31H33N5O4/c37-29(38)13-7-20-36-22-28(31-32-34-35-33-31)40-30-25(11-6-12-27(30)36)17-14-24-15-18-26(19-16-24)39-21-5-4-10-23-8-2-1-3-9-23/h1-3,6,8-9,11-12,14-19,28H,4-5,7,10,13,20-22H2,(H,37,38)(H,32,33,34,35)/b17-14+. The SMILES string of the molecule is O=C(O)CCCN1CC(c2nn[nH]n2)Oc2c(/C=C/c3ccc(OCCCCc4ccccc4)cc3)cccc21. The number of fused-ring (bicyclic) bond motifs is 1. The molecular weight excluding hydrogens is 506 g/mol. The van der Waals surface area contributed by atoms with Gasteiger partial charge >= 0.3 is 5.97 Å². The maximum absolute atomic E-state index is 11.1. The summed E-state index contributed by atoms with van der Waals surface area (Å²) >= 11 is 0. The Bertz CT molecular complexity index is 1390. The molecule has 3 aromatic carbocycles. The number of nitrogens with zero attached hydrogens (tertiary/aromatic N) is 4. The van der Waals surface area contributed by atoms with Crippen LogP contribution in [0.5, 0.6) is 11.5 Å². The van der Waals surface area contributed by atoms with Gasteiger partial charge in [-0.05, 0) is 55.0 Å². The van der Waals surface area contributed by atoms with Crippen LogP contribution in [-0.4, -0.2) is 51.4 Å². The van der Waals surface area contributed by atoms with Crippen LogP contribution in [0.3, 0.4) is 0 Å². The fourth-order valence-corrected chi connectivity index (χ4v) is 4.73. The average Bonchev–Trinajstić information content (AvgIpc) is 3.52. The molecule has 1 unspecified atom stereocenters. The van der Waals surface area contributed by atoms with E-state index in [1.165, 1.54) is 5.56 Å². The summed E-state index contributed by atoms with van der Waals surface area (Å²) in [6.45, 7) is 1.78. The number of hydrogen-bond acceptors (Lipinski definition) is 7. The van der Waals surface area contributed by atoms with Gasteiger partial charge in [0.15, 0.2) is 11.9 Å². The molecule has 0 fully saturated rings. The molecule has 0 bridgehead atoms. The van der Waals surface area contributed by atoms with E-state index < -0.39 is 12.1 Å². The minimum absolute atomic E-state index is 0.104. The lowest BCUT2D eigenvalue weighted by atomic mass is 10.1. The molecule has 0 saturated carbocycles. The van der Waals surface area contributed by atoms with Crippen LogP contribution in [0, 0.1) is 0 Å². The van der Waals surface area contributed by atoms with Gasteiger partial charge in [0.25, 0.3) is 0 Å². The van der Waals surface area contributed by atoms with E-state index in [1.807, 2.05) is 60.7 Å². The van der Waals surface area contributed by atoms with Crippen LogP contribution in [0.4, 0.5) is 5.69 Å². The van der Waals surface area contributed by atoms with Crippen molar-refractivity contribution >= 4 is 23.8 Å². The molecule has 1 aromatic heterocycles. The summed E-state index contributed by atoms with van der Waals surface area (Å²) in [6, 6.07) is 24.5. The van der Waals surface area contributed by atoms with Gasteiger partial charge in [-0.25, -0.2) is 0 Å². The third-order valence-corrected chi connectivity index (χ3v) is 6.79. The van der Waals surface area contributed by atoms with E-state index in [4.69, 9.17) is 14.6 Å². The Balaban J connectivity index is 1.21. The third kappa shape index (κ3) is 7.25. The summed E-state index contributed by atoms with van der Waals surface area (Å²) in [6.07, 6.45) is 7.43. The fourth-order valence-electron chi connectivity index (χ4n) is 4.73. The molecule has 9 nitrogen and oxygen atoms in total. The molecular formula is C31H33N5O4. The third-order valence-electron chi connectivity index (χ3n) is 6.79. The summed E-state index contributed by atoms with van der Waals surface area (Å²) in [4.78, 5) is 13.2. The highest BCUT2D eigenvalue weighted by atomic mass is 16.5. The van der Waals surface area contributed by atoms with Crippen molar-refractivity contribution < 1.29 is 19.4 Å². The van der Waals surface area contributed by atoms with Crippen molar-refractivity contribution in [3.05, 3.63) is 95.3 Å². The zero-order valence-electron chi connectivity index (χ0n) is 22.3. The van der Waals surface area contributed by atoms with Crippen LogP contribution in [0.15, 0.2) is 72.8 Å². The molecule has 4 aromatic rings. The van der Waals surface area contributed by atoms with Crippen molar-refractivity contribution in [2.75, 3.05) is 24.6 Å². The van der Waals surface area contributed by atoms with Gasteiger partial charge in [0.05, 0.1) is 18.8 Å². The lowest BCUT2D eigenvalue weighted by molar-refractivity contribution is -0.137. The molecule has 1 atom stereocenters. The van der Waals surface area contributed by atoms with E-state index in [0.717, 1.165) is 41.8 Å². The second kappa shape index (κ2) is 13.4. The molecule has 9 heteroatoms. The number of benzene rings is 3. The van der Waals surface area contributed by atoms with Gasteiger partial charge in [-0.2, -0.15) is 5.21 Å². The quantitative estimate of drug-likeness (QED) is 0.167. The second-order valence-electron chi connectivity index (χ2n) is 9.71. The smallest absolute Gasteiger partial charge is 0.303 e. The average molecular weight is 540 g/mol. The van der Waals surface area contributed by atoms with Crippen molar-refractivity contribution in [2.24, 2.45) is 0 Å². The Kier molecular flexibility index (Phi) is 9.03. The lowest BCUT2D eigenvalue weighted by Gasteiger charge is -2.36. The zero-order valence-corrected chi connectivity index (χ0v) is 22.3. The zero-order chi connectivity index (χ0) is 27.6. The number of aromatic amines is 1. The van der Waals surface area contributed by atoms with Gasteiger partial charge in [-0.15, -0.1) is 10.2 Å². The number of tetrazole rings is 1. The minimum atomic E-state index is -0.806. The minimum Gasteiger partial charge on any atom is -0.494 e. The summed E-state index contributed by atoms with van der Waals surface area (Å²) in [5.74, 6) is 1.23. The number of carboxylic acids is 1. The number of nitrogens with one attached hydrogen (secondary N) is 1. The number of anilines is 1. The van der Waals surface area contributed by atoms with Crippen molar-refractivity contribution in [1.29, 1.82) is 0 Å². The van der Waals surface area contributed by atoms with Gasteiger partial charge in [0.1, 0.15) is 5.75 Å². The van der Waals surface area contributed by atoms with E-state index in [2.05, 4.69) is 49.8 Å². The predicted octanol–water partition coefficient (Wildman–Crippen LogP) is 5.58. The van der Waals surface area contributed by atoms with Crippen LogP contribution in [0.25, 0.3) is 12.2 Å². The molecule has 2 heterocycles. The van der Waals surface area contributed by atoms with Crippen LogP contribution in [-0.2, 0) is 11.2 Å². The van der Waals surface area contributed by atoms with Crippen molar-refractivity contribution in [2.45, 2.75) is 38.2 Å². The second-order valence-corrected chi connectivity index (χ2v) is 9.71. The molecule has 1 aliphatic heterocycles. The molecule has 40 heavy (non-hydrogen) atoms. The predicted molar refractivity (Wildman–Crippen MR) is 153 cm³/mol. The molecule has 0 radical (unpaired) electrons. The normalized spacial score (nSPS) is 14.6. The van der Waals surface area contributed by atoms with E-state index in [9.17, 15) is 4.79 Å².